The van der Waals surface area contributed by atoms with Gasteiger partial charge in [0.05, 0.1) is 16.9 Å². The molecular weight excluding hydrogens is 529 g/mol. The lowest BCUT2D eigenvalue weighted by atomic mass is 10.1. The number of nitrogens with zero attached hydrogens (tertiary/aromatic N) is 2. The summed E-state index contributed by atoms with van der Waals surface area (Å²) in [4.78, 5) is 21.0. The normalized spacial score (nSPS) is 12.0. The Kier molecular flexibility index (Phi) is 8.31. The number of hydrogen-bond donors (Lipinski definition) is 2. The number of halogens is 4. The third-order valence-corrected chi connectivity index (χ3v) is 5.63. The van der Waals surface area contributed by atoms with E-state index in [0.717, 1.165) is 23.9 Å². The minimum absolute atomic E-state index is 0.128. The molecule has 0 radical (unpaired) electrons. The van der Waals surface area contributed by atoms with Crippen molar-refractivity contribution in [1.29, 1.82) is 0 Å². The van der Waals surface area contributed by atoms with E-state index in [9.17, 15) is 18.0 Å². The van der Waals surface area contributed by atoms with Crippen LogP contribution in [0.2, 0.25) is 5.02 Å². The first-order valence-corrected chi connectivity index (χ1v) is 12.0. The molecule has 10 heteroatoms. The molecular formula is C29H22ClF3N4O2. The topological polar surface area (TPSA) is 89.6 Å². The Morgan fingerprint density at radius 3 is 2.51 bits per heavy atom. The number of pyridine rings is 1. The second-order valence-corrected chi connectivity index (χ2v) is 8.75. The number of anilines is 1. The molecule has 198 valence electrons. The second-order valence-electron chi connectivity index (χ2n) is 8.32. The molecule has 0 atom stereocenters. The summed E-state index contributed by atoms with van der Waals surface area (Å²) in [7, 11) is 0. The highest BCUT2D eigenvalue weighted by atomic mass is 35.5. The second kappa shape index (κ2) is 11.8. The zero-order valence-electron chi connectivity index (χ0n) is 20.5. The van der Waals surface area contributed by atoms with Crippen molar-refractivity contribution in [2.24, 2.45) is 10.7 Å². The van der Waals surface area contributed by atoms with Crippen molar-refractivity contribution in [2.45, 2.75) is 13.1 Å². The SMILES string of the molecule is Cc1ncccc1Oc1ccc(C(N)=Nc2cc(Cl)cc(NC(=O)/C=C/c3ccccc3C(F)(F)F)c2)cc1. The van der Waals surface area contributed by atoms with Crippen LogP contribution in [0, 0.1) is 6.92 Å². The lowest BCUT2D eigenvalue weighted by Gasteiger charge is -2.10. The minimum Gasteiger partial charge on any atom is -0.455 e. The quantitative estimate of drug-likeness (QED) is 0.141. The number of rotatable bonds is 7. The predicted octanol–water partition coefficient (Wildman–Crippen LogP) is 7.54. The fraction of sp³-hybridized carbons (Fsp3) is 0.0690. The van der Waals surface area contributed by atoms with Crippen LogP contribution in [0.25, 0.3) is 6.08 Å². The van der Waals surface area contributed by atoms with E-state index in [1.54, 1.807) is 42.6 Å². The number of amidine groups is 1. The van der Waals surface area contributed by atoms with E-state index >= 15 is 0 Å². The van der Waals surface area contributed by atoms with E-state index in [4.69, 9.17) is 22.1 Å². The summed E-state index contributed by atoms with van der Waals surface area (Å²) in [5.74, 6) is 0.792. The fourth-order valence-corrected chi connectivity index (χ4v) is 3.79. The highest BCUT2D eigenvalue weighted by molar-refractivity contribution is 6.31. The van der Waals surface area contributed by atoms with Crippen molar-refractivity contribution in [3.05, 3.63) is 119 Å². The number of aliphatic imine (C=N–C) groups is 1. The lowest BCUT2D eigenvalue weighted by Crippen LogP contribution is -2.12. The highest BCUT2D eigenvalue weighted by Gasteiger charge is 2.32. The summed E-state index contributed by atoms with van der Waals surface area (Å²) in [6.07, 6.45) is -0.741. The van der Waals surface area contributed by atoms with E-state index in [2.05, 4.69) is 15.3 Å². The van der Waals surface area contributed by atoms with Crippen molar-refractivity contribution >= 4 is 40.8 Å². The number of aryl methyl sites for hydroxylation is 1. The molecule has 0 aliphatic rings. The first-order valence-electron chi connectivity index (χ1n) is 11.6. The number of ether oxygens (including phenoxy) is 1. The molecule has 6 nitrogen and oxygen atoms in total. The number of carbonyl (C=O) groups is 1. The van der Waals surface area contributed by atoms with Gasteiger partial charge in [-0.05, 0) is 79.2 Å². The van der Waals surface area contributed by atoms with Gasteiger partial charge in [0.15, 0.2) is 0 Å². The first kappa shape index (κ1) is 27.4. The third kappa shape index (κ3) is 7.45. The Morgan fingerprint density at radius 2 is 1.79 bits per heavy atom. The Balaban J connectivity index is 1.46. The average molecular weight is 551 g/mol. The van der Waals surface area contributed by atoms with Crippen LogP contribution in [0.4, 0.5) is 24.5 Å². The Morgan fingerprint density at radius 1 is 1.05 bits per heavy atom. The van der Waals surface area contributed by atoms with Crippen molar-refractivity contribution in [3.63, 3.8) is 0 Å². The molecule has 4 aromatic rings. The molecule has 0 spiro atoms. The minimum atomic E-state index is -4.54. The van der Waals surface area contributed by atoms with Crippen LogP contribution in [0.3, 0.4) is 0 Å². The molecule has 3 aromatic carbocycles. The molecule has 4 rings (SSSR count). The van der Waals surface area contributed by atoms with Crippen molar-refractivity contribution in [1.82, 2.24) is 4.98 Å². The van der Waals surface area contributed by atoms with Crippen LogP contribution < -0.4 is 15.8 Å². The molecule has 0 saturated heterocycles. The lowest BCUT2D eigenvalue weighted by molar-refractivity contribution is -0.137. The van der Waals surface area contributed by atoms with Gasteiger partial charge in [-0.15, -0.1) is 0 Å². The standard InChI is InChI=1S/C29H22ClF3N4O2/c1-18-26(7-4-14-35-18)39-24-11-8-20(9-12-24)28(34)37-23-16-21(30)15-22(17-23)36-27(38)13-10-19-5-2-3-6-25(19)29(31,32)33/h2-17H,1H3,(H2,34,37)(H,36,38)/b13-10+. The molecule has 3 N–H and O–H groups in total. The zero-order valence-corrected chi connectivity index (χ0v) is 21.3. The van der Waals surface area contributed by atoms with Gasteiger partial charge >= 0.3 is 6.18 Å². The Hall–Kier alpha value is -4.63. The van der Waals surface area contributed by atoms with Crippen molar-refractivity contribution in [3.8, 4) is 11.5 Å². The summed E-state index contributed by atoms with van der Waals surface area (Å²) in [5.41, 5.74) is 7.26. The van der Waals surface area contributed by atoms with Gasteiger partial charge in [0.2, 0.25) is 5.91 Å². The summed E-state index contributed by atoms with van der Waals surface area (Å²) >= 11 is 6.19. The molecule has 0 bridgehead atoms. The number of benzene rings is 3. The molecule has 1 heterocycles. The zero-order chi connectivity index (χ0) is 28.0. The van der Waals surface area contributed by atoms with Crippen molar-refractivity contribution < 1.29 is 22.7 Å². The number of amides is 1. The Labute approximate surface area is 227 Å². The summed E-state index contributed by atoms with van der Waals surface area (Å²) in [6.45, 7) is 1.85. The van der Waals surface area contributed by atoms with Crippen molar-refractivity contribution in [2.75, 3.05) is 5.32 Å². The van der Waals surface area contributed by atoms with Crippen LogP contribution in [-0.2, 0) is 11.0 Å². The molecule has 0 unspecified atom stereocenters. The van der Waals surface area contributed by atoms with Gasteiger partial charge in [-0.3, -0.25) is 9.78 Å². The molecule has 0 saturated carbocycles. The maximum absolute atomic E-state index is 13.2. The van der Waals surface area contributed by atoms with Gasteiger partial charge < -0.3 is 15.8 Å². The van der Waals surface area contributed by atoms with Gasteiger partial charge in [0, 0.05) is 28.5 Å². The van der Waals surface area contributed by atoms with E-state index < -0.39 is 17.6 Å². The maximum atomic E-state index is 13.2. The van der Waals surface area contributed by atoms with Gasteiger partial charge in [-0.25, -0.2) is 4.99 Å². The van der Waals surface area contributed by atoms with Crippen LogP contribution in [0.1, 0.15) is 22.4 Å². The summed E-state index contributed by atoms with van der Waals surface area (Å²) in [6, 6.07) is 20.1. The van der Waals surface area contributed by atoms with Crippen LogP contribution >= 0.6 is 11.6 Å². The monoisotopic (exact) mass is 550 g/mol. The third-order valence-electron chi connectivity index (χ3n) is 5.42. The maximum Gasteiger partial charge on any atom is 0.416 e. The smallest absolute Gasteiger partial charge is 0.416 e. The summed E-state index contributed by atoms with van der Waals surface area (Å²) in [5, 5.41) is 2.86. The van der Waals surface area contributed by atoms with Crippen LogP contribution in [0.5, 0.6) is 11.5 Å². The van der Waals surface area contributed by atoms with Crippen LogP contribution in [-0.4, -0.2) is 16.7 Å². The average Bonchev–Trinajstić information content (AvgIpc) is 2.88. The van der Waals surface area contributed by atoms with Gasteiger partial charge in [0.1, 0.15) is 17.3 Å². The predicted molar refractivity (Wildman–Crippen MR) is 146 cm³/mol. The number of carbonyl (C=O) groups excluding carboxylic acids is 1. The number of nitrogens with two attached hydrogens (primary N) is 1. The molecule has 0 aliphatic heterocycles. The first-order chi connectivity index (χ1) is 18.6. The fourth-order valence-electron chi connectivity index (χ4n) is 3.56. The van der Waals surface area contributed by atoms with E-state index in [-0.39, 0.29) is 16.4 Å². The highest BCUT2D eigenvalue weighted by Crippen LogP contribution is 2.32. The molecule has 1 aromatic heterocycles. The number of aromatic nitrogens is 1. The van der Waals surface area contributed by atoms with E-state index in [1.807, 2.05) is 13.0 Å². The van der Waals surface area contributed by atoms with Gasteiger partial charge in [-0.1, -0.05) is 29.8 Å². The van der Waals surface area contributed by atoms with Gasteiger partial charge in [0.25, 0.3) is 0 Å². The number of alkyl halides is 3. The summed E-state index contributed by atoms with van der Waals surface area (Å²) < 4.78 is 45.4. The largest absolute Gasteiger partial charge is 0.455 e. The number of hydrogen-bond acceptors (Lipinski definition) is 4. The number of nitrogens with one attached hydrogen (secondary N) is 1. The Bertz CT molecular complexity index is 1550. The molecule has 1 amide bonds. The van der Waals surface area contributed by atoms with E-state index in [1.165, 1.54) is 30.3 Å². The molecule has 0 aliphatic carbocycles. The molecule has 0 fully saturated rings. The molecule has 39 heavy (non-hydrogen) atoms. The van der Waals surface area contributed by atoms with Crippen LogP contribution in [0.15, 0.2) is 96.1 Å². The van der Waals surface area contributed by atoms with Gasteiger partial charge in [-0.2, -0.15) is 13.2 Å². The van der Waals surface area contributed by atoms with E-state index in [0.29, 0.717) is 28.4 Å².